The summed E-state index contributed by atoms with van der Waals surface area (Å²) >= 11 is 0. The summed E-state index contributed by atoms with van der Waals surface area (Å²) in [6, 6.07) is 12.0. The van der Waals surface area contributed by atoms with Gasteiger partial charge in [-0.05, 0) is 11.6 Å². The Labute approximate surface area is 104 Å². The molecule has 1 aromatic heterocycles. The molecular formula is C13H12N2O3. The summed E-state index contributed by atoms with van der Waals surface area (Å²) in [5, 5.41) is 3.81. The first-order chi connectivity index (χ1) is 8.66. The molecule has 0 saturated heterocycles. The molecule has 0 fully saturated rings. The van der Waals surface area contributed by atoms with Crippen molar-refractivity contribution in [2.24, 2.45) is 7.05 Å². The zero-order chi connectivity index (χ0) is 13.0. The topological polar surface area (TPSA) is 61.2 Å². The Bertz CT molecular complexity index is 605. The molecule has 0 spiro atoms. The van der Waals surface area contributed by atoms with Gasteiger partial charge in [-0.25, -0.2) is 9.48 Å². The fourth-order valence-corrected chi connectivity index (χ4v) is 1.41. The largest absolute Gasteiger partial charge is 0.456 e. The first-order valence-corrected chi connectivity index (χ1v) is 5.42. The lowest BCUT2D eigenvalue weighted by Crippen LogP contribution is -2.21. The number of esters is 1. The average molecular weight is 244 g/mol. The second-order valence-electron chi connectivity index (χ2n) is 3.74. The second-order valence-corrected chi connectivity index (χ2v) is 3.74. The van der Waals surface area contributed by atoms with Gasteiger partial charge in [-0.15, -0.1) is 0 Å². The highest BCUT2D eigenvalue weighted by atomic mass is 16.5. The molecule has 5 nitrogen and oxygen atoms in total. The van der Waals surface area contributed by atoms with Gasteiger partial charge in [0.05, 0.1) is 0 Å². The van der Waals surface area contributed by atoms with Crippen molar-refractivity contribution in [2.75, 3.05) is 0 Å². The predicted octanol–water partition coefficient (Wildman–Crippen LogP) is 1.14. The number of aryl methyl sites for hydroxylation is 1. The fourth-order valence-electron chi connectivity index (χ4n) is 1.41. The predicted molar refractivity (Wildman–Crippen MR) is 65.0 cm³/mol. The van der Waals surface area contributed by atoms with Crippen LogP contribution >= 0.6 is 0 Å². The van der Waals surface area contributed by atoms with E-state index in [2.05, 4.69) is 5.10 Å². The Morgan fingerprint density at radius 1 is 1.22 bits per heavy atom. The molecule has 0 radical (unpaired) electrons. The van der Waals surface area contributed by atoms with Crippen molar-refractivity contribution in [1.82, 2.24) is 9.78 Å². The summed E-state index contributed by atoms with van der Waals surface area (Å²) in [7, 11) is 1.48. The van der Waals surface area contributed by atoms with Crippen molar-refractivity contribution in [2.45, 2.75) is 6.61 Å². The lowest BCUT2D eigenvalue weighted by Gasteiger charge is -2.04. The van der Waals surface area contributed by atoms with Gasteiger partial charge in [0, 0.05) is 13.1 Å². The first-order valence-electron chi connectivity index (χ1n) is 5.42. The highest BCUT2D eigenvalue weighted by Gasteiger charge is 2.10. The van der Waals surface area contributed by atoms with Crippen LogP contribution < -0.4 is 5.56 Å². The lowest BCUT2D eigenvalue weighted by atomic mass is 10.2. The van der Waals surface area contributed by atoms with Crippen molar-refractivity contribution < 1.29 is 9.53 Å². The van der Waals surface area contributed by atoms with Gasteiger partial charge < -0.3 is 4.74 Å². The number of benzene rings is 1. The van der Waals surface area contributed by atoms with Crippen molar-refractivity contribution in [3.8, 4) is 0 Å². The van der Waals surface area contributed by atoms with Crippen LogP contribution in [0.5, 0.6) is 0 Å². The van der Waals surface area contributed by atoms with Crippen LogP contribution in [0.25, 0.3) is 0 Å². The van der Waals surface area contributed by atoms with Crippen molar-refractivity contribution in [1.29, 1.82) is 0 Å². The molecule has 0 aliphatic heterocycles. The summed E-state index contributed by atoms with van der Waals surface area (Å²) in [4.78, 5) is 22.8. The number of aromatic nitrogens is 2. The molecule has 0 aliphatic carbocycles. The molecule has 0 aliphatic rings. The summed E-state index contributed by atoms with van der Waals surface area (Å²) in [5.41, 5.74) is 0.748. The van der Waals surface area contributed by atoms with E-state index >= 15 is 0 Å². The van der Waals surface area contributed by atoms with E-state index in [1.165, 1.54) is 19.2 Å². The standard InChI is InChI=1S/C13H12N2O3/c1-15-12(16)8-7-11(14-15)13(17)18-9-10-5-3-2-4-6-10/h2-8H,9H2,1H3. The number of ether oxygens (including phenoxy) is 1. The maximum Gasteiger partial charge on any atom is 0.359 e. The minimum Gasteiger partial charge on any atom is -0.456 e. The number of carbonyl (C=O) groups is 1. The van der Waals surface area contributed by atoms with Gasteiger partial charge in [0.1, 0.15) is 6.61 Å². The Hall–Kier alpha value is -2.43. The highest BCUT2D eigenvalue weighted by Crippen LogP contribution is 2.03. The normalized spacial score (nSPS) is 10.1. The Morgan fingerprint density at radius 2 is 1.94 bits per heavy atom. The second kappa shape index (κ2) is 5.27. The van der Waals surface area contributed by atoms with E-state index in [0.717, 1.165) is 10.2 Å². The monoisotopic (exact) mass is 244 g/mol. The summed E-state index contributed by atoms with van der Waals surface area (Å²) in [6.07, 6.45) is 0. The van der Waals surface area contributed by atoms with Gasteiger partial charge in [0.2, 0.25) is 0 Å². The molecule has 0 saturated carbocycles. The van der Waals surface area contributed by atoms with Crippen molar-refractivity contribution >= 4 is 5.97 Å². The average Bonchev–Trinajstić information content (AvgIpc) is 2.40. The van der Waals surface area contributed by atoms with Crippen LogP contribution in [0, 0.1) is 0 Å². The van der Waals surface area contributed by atoms with E-state index < -0.39 is 5.97 Å². The molecule has 0 bridgehead atoms. The number of hydrogen-bond donors (Lipinski definition) is 0. The molecule has 92 valence electrons. The molecule has 2 aromatic rings. The molecule has 18 heavy (non-hydrogen) atoms. The molecule has 5 heteroatoms. The summed E-state index contributed by atoms with van der Waals surface area (Å²) in [6.45, 7) is 0.185. The number of hydrogen-bond acceptors (Lipinski definition) is 4. The van der Waals surface area contributed by atoms with Crippen LogP contribution in [-0.4, -0.2) is 15.7 Å². The minimum atomic E-state index is -0.547. The Balaban J connectivity index is 2.04. The van der Waals surface area contributed by atoms with Crippen LogP contribution in [0.4, 0.5) is 0 Å². The molecule has 2 rings (SSSR count). The third-order valence-electron chi connectivity index (χ3n) is 2.38. The van der Waals surface area contributed by atoms with Crippen LogP contribution in [0.3, 0.4) is 0 Å². The zero-order valence-corrected chi connectivity index (χ0v) is 9.87. The third-order valence-corrected chi connectivity index (χ3v) is 2.38. The van der Waals surface area contributed by atoms with Crippen LogP contribution in [0.2, 0.25) is 0 Å². The number of rotatable bonds is 3. The van der Waals surface area contributed by atoms with Gasteiger partial charge in [0.15, 0.2) is 5.69 Å². The quantitative estimate of drug-likeness (QED) is 0.759. The number of nitrogens with zero attached hydrogens (tertiary/aromatic N) is 2. The fraction of sp³-hybridized carbons (Fsp3) is 0.154. The van der Waals surface area contributed by atoms with Gasteiger partial charge >= 0.3 is 5.97 Å². The van der Waals surface area contributed by atoms with Crippen LogP contribution in [0.1, 0.15) is 16.1 Å². The molecular weight excluding hydrogens is 232 g/mol. The van der Waals surface area contributed by atoms with E-state index in [1.807, 2.05) is 30.3 Å². The smallest absolute Gasteiger partial charge is 0.359 e. The highest BCUT2D eigenvalue weighted by molar-refractivity contribution is 5.86. The van der Waals surface area contributed by atoms with Gasteiger partial charge in [-0.1, -0.05) is 30.3 Å². The van der Waals surface area contributed by atoms with Crippen LogP contribution in [-0.2, 0) is 18.4 Å². The van der Waals surface area contributed by atoms with Crippen molar-refractivity contribution in [3.05, 3.63) is 64.1 Å². The van der Waals surface area contributed by atoms with E-state index in [9.17, 15) is 9.59 Å². The van der Waals surface area contributed by atoms with E-state index in [-0.39, 0.29) is 17.9 Å². The van der Waals surface area contributed by atoms with Gasteiger partial charge in [0.25, 0.3) is 5.56 Å². The van der Waals surface area contributed by atoms with E-state index in [0.29, 0.717) is 0 Å². The molecule has 0 amide bonds. The summed E-state index contributed by atoms with van der Waals surface area (Å²) in [5.74, 6) is -0.547. The van der Waals surface area contributed by atoms with Crippen molar-refractivity contribution in [3.63, 3.8) is 0 Å². The van der Waals surface area contributed by atoms with E-state index in [1.54, 1.807) is 0 Å². The Morgan fingerprint density at radius 3 is 2.61 bits per heavy atom. The van der Waals surface area contributed by atoms with E-state index in [4.69, 9.17) is 4.74 Å². The Kier molecular flexibility index (Phi) is 3.52. The zero-order valence-electron chi connectivity index (χ0n) is 9.87. The molecule has 0 N–H and O–H groups in total. The summed E-state index contributed by atoms with van der Waals surface area (Å²) < 4.78 is 6.19. The SMILES string of the molecule is Cn1nc(C(=O)OCc2ccccc2)ccc1=O. The van der Waals surface area contributed by atoms with Gasteiger partial charge in [-0.2, -0.15) is 5.10 Å². The maximum absolute atomic E-state index is 11.7. The minimum absolute atomic E-state index is 0.119. The molecule has 0 unspecified atom stereocenters. The molecule has 1 heterocycles. The van der Waals surface area contributed by atoms with Gasteiger partial charge in [-0.3, -0.25) is 4.79 Å². The molecule has 0 atom stereocenters. The lowest BCUT2D eigenvalue weighted by molar-refractivity contribution is 0.0463. The first kappa shape index (κ1) is 12.0. The maximum atomic E-state index is 11.7. The number of carbonyl (C=O) groups excluding carboxylic acids is 1. The molecule has 1 aromatic carbocycles. The van der Waals surface area contributed by atoms with Crippen LogP contribution in [0.15, 0.2) is 47.3 Å². The third kappa shape index (κ3) is 2.82.